The van der Waals surface area contributed by atoms with Gasteiger partial charge in [-0.3, -0.25) is 4.79 Å². The number of nitrogens with zero attached hydrogens (tertiary/aromatic N) is 3. The monoisotopic (exact) mass is 438 g/mol. The van der Waals surface area contributed by atoms with Gasteiger partial charge in [-0.2, -0.15) is 0 Å². The summed E-state index contributed by atoms with van der Waals surface area (Å²) in [6.07, 6.45) is 2.54. The highest BCUT2D eigenvalue weighted by atomic mass is 16.5. The number of amides is 1. The van der Waals surface area contributed by atoms with Crippen molar-refractivity contribution in [2.75, 3.05) is 46.3 Å². The Labute approximate surface area is 192 Å². The van der Waals surface area contributed by atoms with Gasteiger partial charge in [0.15, 0.2) is 5.76 Å². The first-order valence-electron chi connectivity index (χ1n) is 12.0. The van der Waals surface area contributed by atoms with E-state index < -0.39 is 0 Å². The van der Waals surface area contributed by atoms with Crippen LogP contribution in [0.5, 0.6) is 0 Å². The quantitative estimate of drug-likeness (QED) is 0.773. The van der Waals surface area contributed by atoms with Crippen molar-refractivity contribution in [1.29, 1.82) is 0 Å². The predicted octanol–water partition coefficient (Wildman–Crippen LogP) is 3.57. The van der Waals surface area contributed by atoms with Crippen molar-refractivity contribution in [2.45, 2.75) is 45.4 Å². The summed E-state index contributed by atoms with van der Waals surface area (Å²) in [6, 6.07) is 10.6. The van der Waals surface area contributed by atoms with Crippen LogP contribution in [-0.4, -0.2) is 67.2 Å². The van der Waals surface area contributed by atoms with Gasteiger partial charge in [-0.15, -0.1) is 0 Å². The molecule has 0 aliphatic carbocycles. The second-order valence-electron chi connectivity index (χ2n) is 10.6. The van der Waals surface area contributed by atoms with Crippen molar-refractivity contribution in [3.05, 3.63) is 41.6 Å². The molecule has 32 heavy (non-hydrogen) atoms. The smallest absolute Gasteiger partial charge is 0.222 e. The second-order valence-corrected chi connectivity index (χ2v) is 10.6. The number of rotatable bonds is 5. The van der Waals surface area contributed by atoms with Crippen LogP contribution in [0.4, 0.5) is 0 Å². The lowest BCUT2D eigenvalue weighted by Crippen LogP contribution is -2.48. The summed E-state index contributed by atoms with van der Waals surface area (Å²) in [5.41, 5.74) is 3.48. The number of hydrogen-bond donors (Lipinski definition) is 1. The number of hydrogen-bond acceptors (Lipinski definition) is 5. The standard InChI is InChI=1S/C26H38N4O2/c1-26(2,3)22-7-5-19(6-8-22)24-17-23(28-32-24)15-21-18-27-10-9-20(21)16-25(31)30-13-11-29(4)12-14-30/h5-8,17,20-21,27H,9-16,18H2,1-4H3/t20-,21-/m0/s1. The van der Waals surface area contributed by atoms with Gasteiger partial charge >= 0.3 is 0 Å². The molecule has 6 nitrogen and oxygen atoms in total. The van der Waals surface area contributed by atoms with Crippen LogP contribution in [0, 0.1) is 11.8 Å². The lowest BCUT2D eigenvalue weighted by atomic mass is 9.81. The number of likely N-dealkylation sites (N-methyl/N-ethyl adjacent to an activating group) is 1. The Morgan fingerprint density at radius 3 is 2.53 bits per heavy atom. The highest BCUT2D eigenvalue weighted by molar-refractivity contribution is 5.76. The minimum absolute atomic E-state index is 0.135. The fraction of sp³-hybridized carbons (Fsp3) is 0.615. The molecule has 6 heteroatoms. The zero-order chi connectivity index (χ0) is 22.7. The lowest BCUT2D eigenvalue weighted by molar-refractivity contribution is -0.134. The molecule has 2 aliphatic heterocycles. The molecular formula is C26H38N4O2. The van der Waals surface area contributed by atoms with Crippen LogP contribution >= 0.6 is 0 Å². The van der Waals surface area contributed by atoms with Crippen molar-refractivity contribution in [3.8, 4) is 11.3 Å². The molecule has 1 N–H and O–H groups in total. The van der Waals surface area contributed by atoms with Crippen LogP contribution < -0.4 is 5.32 Å². The molecule has 2 atom stereocenters. The topological polar surface area (TPSA) is 61.6 Å². The van der Waals surface area contributed by atoms with Crippen LogP contribution in [0.1, 0.15) is 44.9 Å². The Morgan fingerprint density at radius 2 is 1.84 bits per heavy atom. The summed E-state index contributed by atoms with van der Waals surface area (Å²) in [7, 11) is 2.12. The van der Waals surface area contributed by atoms with Gasteiger partial charge in [-0.25, -0.2) is 0 Å². The minimum atomic E-state index is 0.135. The fourth-order valence-electron chi connectivity index (χ4n) is 4.84. The number of aromatic nitrogens is 1. The first-order chi connectivity index (χ1) is 15.3. The normalized spacial score (nSPS) is 22.8. The van der Waals surface area contributed by atoms with E-state index in [1.165, 1.54) is 5.56 Å². The maximum Gasteiger partial charge on any atom is 0.222 e. The van der Waals surface area contributed by atoms with E-state index in [-0.39, 0.29) is 5.41 Å². The molecule has 3 heterocycles. The van der Waals surface area contributed by atoms with Crippen LogP contribution in [0.15, 0.2) is 34.9 Å². The molecule has 2 aromatic rings. The molecule has 1 amide bonds. The van der Waals surface area contributed by atoms with Gasteiger partial charge in [0.1, 0.15) is 0 Å². The van der Waals surface area contributed by atoms with Crippen molar-refractivity contribution in [1.82, 2.24) is 20.3 Å². The molecule has 1 aromatic heterocycles. The first kappa shape index (κ1) is 23.0. The average Bonchev–Trinajstić information content (AvgIpc) is 3.23. The van der Waals surface area contributed by atoms with Crippen LogP contribution in [0.2, 0.25) is 0 Å². The number of piperidine rings is 1. The van der Waals surface area contributed by atoms with E-state index in [4.69, 9.17) is 4.52 Å². The van der Waals surface area contributed by atoms with Gasteiger partial charge in [-0.05, 0) is 55.8 Å². The number of carbonyl (C=O) groups is 1. The molecule has 0 bridgehead atoms. The summed E-state index contributed by atoms with van der Waals surface area (Å²) in [4.78, 5) is 17.2. The maximum atomic E-state index is 12.9. The maximum absolute atomic E-state index is 12.9. The third-order valence-electron chi connectivity index (χ3n) is 7.12. The predicted molar refractivity (Wildman–Crippen MR) is 128 cm³/mol. The van der Waals surface area contributed by atoms with E-state index >= 15 is 0 Å². The Balaban J connectivity index is 1.38. The number of carbonyl (C=O) groups excluding carboxylic acids is 1. The lowest BCUT2D eigenvalue weighted by Gasteiger charge is -2.36. The molecule has 0 unspecified atom stereocenters. The Hall–Kier alpha value is -2.18. The molecule has 4 rings (SSSR count). The summed E-state index contributed by atoms with van der Waals surface area (Å²) in [5.74, 6) is 1.93. The molecule has 2 aliphatic rings. The molecule has 174 valence electrons. The summed E-state index contributed by atoms with van der Waals surface area (Å²) in [5, 5.41) is 7.88. The van der Waals surface area contributed by atoms with Gasteiger partial charge in [0.25, 0.3) is 0 Å². The third kappa shape index (κ3) is 5.59. The van der Waals surface area contributed by atoms with E-state index in [1.54, 1.807) is 0 Å². The minimum Gasteiger partial charge on any atom is -0.356 e. The van der Waals surface area contributed by atoms with E-state index in [1.807, 2.05) is 0 Å². The summed E-state index contributed by atoms with van der Waals surface area (Å²) >= 11 is 0. The van der Waals surface area contributed by atoms with Crippen LogP contribution in [-0.2, 0) is 16.6 Å². The molecule has 0 radical (unpaired) electrons. The zero-order valence-corrected chi connectivity index (χ0v) is 20.1. The largest absolute Gasteiger partial charge is 0.356 e. The number of benzene rings is 1. The Morgan fingerprint density at radius 1 is 1.12 bits per heavy atom. The molecular weight excluding hydrogens is 400 g/mol. The third-order valence-corrected chi connectivity index (χ3v) is 7.12. The highest BCUT2D eigenvalue weighted by Crippen LogP contribution is 2.30. The fourth-order valence-corrected chi connectivity index (χ4v) is 4.84. The first-order valence-corrected chi connectivity index (χ1v) is 12.0. The van der Waals surface area contributed by atoms with Crippen molar-refractivity contribution < 1.29 is 9.32 Å². The Bertz CT molecular complexity index is 891. The van der Waals surface area contributed by atoms with Gasteiger partial charge in [0.05, 0.1) is 5.69 Å². The van der Waals surface area contributed by atoms with Crippen molar-refractivity contribution in [3.63, 3.8) is 0 Å². The Kier molecular flexibility index (Phi) is 7.01. The molecule has 2 saturated heterocycles. The van der Waals surface area contributed by atoms with Gasteiger partial charge in [-0.1, -0.05) is 50.2 Å². The summed E-state index contributed by atoms with van der Waals surface area (Å²) < 4.78 is 5.69. The molecule has 0 spiro atoms. The van der Waals surface area contributed by atoms with Crippen LogP contribution in [0.25, 0.3) is 11.3 Å². The number of piperazine rings is 1. The zero-order valence-electron chi connectivity index (χ0n) is 20.1. The highest BCUT2D eigenvalue weighted by Gasteiger charge is 2.30. The van der Waals surface area contributed by atoms with E-state index in [9.17, 15) is 4.79 Å². The van der Waals surface area contributed by atoms with E-state index in [0.29, 0.717) is 24.2 Å². The van der Waals surface area contributed by atoms with Gasteiger partial charge in [0, 0.05) is 44.2 Å². The van der Waals surface area contributed by atoms with Crippen molar-refractivity contribution >= 4 is 5.91 Å². The van der Waals surface area contributed by atoms with Crippen LogP contribution in [0.3, 0.4) is 0 Å². The SMILES string of the molecule is CN1CCN(C(=O)C[C@@H]2CCNC[C@@H]2Cc2cc(-c3ccc(C(C)(C)C)cc3)on2)CC1. The van der Waals surface area contributed by atoms with Gasteiger partial charge in [0.2, 0.25) is 5.91 Å². The summed E-state index contributed by atoms with van der Waals surface area (Å²) in [6.45, 7) is 12.2. The molecule has 2 fully saturated rings. The van der Waals surface area contributed by atoms with Gasteiger partial charge < -0.3 is 19.6 Å². The average molecular weight is 439 g/mol. The van der Waals surface area contributed by atoms with E-state index in [2.05, 4.69) is 78.4 Å². The second kappa shape index (κ2) is 9.75. The molecule has 1 aromatic carbocycles. The van der Waals surface area contributed by atoms with Crippen molar-refractivity contribution in [2.24, 2.45) is 11.8 Å². The number of nitrogens with one attached hydrogen (secondary N) is 1. The van der Waals surface area contributed by atoms with E-state index in [0.717, 1.165) is 69.1 Å². The molecule has 0 saturated carbocycles.